The molecule has 0 N–H and O–H groups in total. The van der Waals surface area contributed by atoms with Crippen LogP contribution in [-0.4, -0.2) is 9.97 Å². The smallest absolute Gasteiger partial charge is 0.120 e. The van der Waals surface area contributed by atoms with Gasteiger partial charge in [-0.2, -0.15) is 0 Å². The molecule has 0 aliphatic rings. The Morgan fingerprint density at radius 3 is 2.16 bits per heavy atom. The minimum atomic E-state index is -2.18. The zero-order chi connectivity index (χ0) is 34.1. The summed E-state index contributed by atoms with van der Waals surface area (Å²) < 4.78 is 49.6. The summed E-state index contributed by atoms with van der Waals surface area (Å²) in [6.45, 7) is 0.157. The molecule has 4 heteroatoms. The van der Waals surface area contributed by atoms with Gasteiger partial charge in [0.2, 0.25) is 0 Å². The summed E-state index contributed by atoms with van der Waals surface area (Å²) in [4.78, 5) is 8.70. The molecule has 0 fully saturated rings. The largest absolute Gasteiger partial charge is 0.500 e. The maximum absolute atomic E-state index is 7.28. The second kappa shape index (κ2) is 12.9. The number of aryl methyl sites for hydroxylation is 2. The van der Waals surface area contributed by atoms with Crippen LogP contribution in [0.3, 0.4) is 0 Å². The van der Waals surface area contributed by atoms with Gasteiger partial charge in [0, 0.05) is 51.5 Å². The summed E-state index contributed by atoms with van der Waals surface area (Å²) in [5.74, 6) is 0. The van der Waals surface area contributed by atoms with Crippen LogP contribution >= 0.6 is 0 Å². The van der Waals surface area contributed by atoms with Gasteiger partial charge in [-0.1, -0.05) is 92.8 Å². The van der Waals surface area contributed by atoms with Gasteiger partial charge in [-0.25, -0.2) is 0 Å². The van der Waals surface area contributed by atoms with E-state index in [2.05, 4.69) is 90.5 Å². The molecule has 0 saturated carbocycles. The van der Waals surface area contributed by atoms with E-state index in [1.54, 1.807) is 12.1 Å². The molecular formula is C39H32IrN2O-2. The first kappa shape index (κ1) is 23.1. The molecule has 4 aromatic carbocycles. The molecule has 0 unspecified atom stereocenters. The van der Waals surface area contributed by atoms with Crippen molar-refractivity contribution < 1.29 is 32.7 Å². The first-order valence-corrected chi connectivity index (χ1v) is 13.7. The number of furan rings is 1. The van der Waals surface area contributed by atoms with Crippen molar-refractivity contribution in [1.29, 1.82) is 0 Å². The van der Waals surface area contributed by atoms with Crippen LogP contribution in [-0.2, 0) is 25.5 Å². The molecule has 3 aromatic heterocycles. The monoisotopic (exact) mass is 743 g/mol. The van der Waals surface area contributed by atoms with Crippen LogP contribution in [0.5, 0.6) is 0 Å². The number of aromatic nitrogens is 2. The molecule has 0 spiro atoms. The van der Waals surface area contributed by atoms with Gasteiger partial charge in [0.15, 0.2) is 0 Å². The molecule has 0 amide bonds. The van der Waals surface area contributed by atoms with E-state index < -0.39 is 13.7 Å². The third-order valence-corrected chi connectivity index (χ3v) is 7.42. The quantitative estimate of drug-likeness (QED) is 0.169. The molecule has 43 heavy (non-hydrogen) atoms. The SMILES string of the molecule is CC(C)(c1ccccc1)c1ccnc(-c2[c-]cc3oc4ccccc4c3c2)c1.[2H]C([2H])([2H])c1c[c-]c(-c2ccc(C([2H])([2H])[2H])cn2)cc1.[Ir]. The van der Waals surface area contributed by atoms with Crippen molar-refractivity contribution in [2.75, 3.05) is 0 Å². The predicted octanol–water partition coefficient (Wildman–Crippen LogP) is 9.94. The topological polar surface area (TPSA) is 38.9 Å². The van der Waals surface area contributed by atoms with E-state index in [4.69, 9.17) is 12.6 Å². The van der Waals surface area contributed by atoms with Crippen LogP contribution in [0.25, 0.3) is 44.5 Å². The number of nitrogens with zero attached hydrogens (tertiary/aromatic N) is 2. The fraction of sp³-hybridized carbons (Fsp3) is 0.128. The summed E-state index contributed by atoms with van der Waals surface area (Å²) >= 11 is 0. The minimum Gasteiger partial charge on any atom is -0.500 e. The van der Waals surface area contributed by atoms with Crippen molar-refractivity contribution in [3.05, 3.63) is 156 Å². The average molecular weight is 743 g/mol. The number of benzene rings is 4. The Bertz CT molecular complexity index is 2120. The van der Waals surface area contributed by atoms with Crippen LogP contribution in [0.15, 0.2) is 126 Å². The fourth-order valence-corrected chi connectivity index (χ4v) is 4.94. The number of para-hydroxylation sites is 1. The molecule has 7 rings (SSSR count). The molecule has 1 radical (unpaired) electrons. The number of fused-ring (bicyclic) bond motifs is 3. The van der Waals surface area contributed by atoms with Crippen molar-refractivity contribution in [3.63, 3.8) is 0 Å². The van der Waals surface area contributed by atoms with E-state index in [1.165, 1.54) is 35.5 Å². The van der Waals surface area contributed by atoms with Gasteiger partial charge in [0.05, 0.1) is 5.58 Å². The fourth-order valence-electron chi connectivity index (χ4n) is 4.94. The molecule has 3 nitrogen and oxygen atoms in total. The third-order valence-electron chi connectivity index (χ3n) is 7.42. The van der Waals surface area contributed by atoms with Gasteiger partial charge < -0.3 is 14.4 Å². The van der Waals surface area contributed by atoms with Crippen molar-refractivity contribution in [1.82, 2.24) is 9.97 Å². The van der Waals surface area contributed by atoms with Crippen molar-refractivity contribution in [2.24, 2.45) is 0 Å². The molecule has 0 atom stereocenters. The molecule has 0 aliphatic heterocycles. The average Bonchev–Trinajstić information content (AvgIpc) is 3.46. The second-order valence-corrected chi connectivity index (χ2v) is 10.6. The van der Waals surface area contributed by atoms with E-state index in [1.807, 2.05) is 30.5 Å². The first-order chi connectivity index (χ1) is 22.8. The molecule has 0 saturated heterocycles. The Morgan fingerprint density at radius 2 is 1.42 bits per heavy atom. The van der Waals surface area contributed by atoms with Gasteiger partial charge in [-0.15, -0.1) is 59.2 Å². The Labute approximate surface area is 275 Å². The van der Waals surface area contributed by atoms with E-state index >= 15 is 0 Å². The van der Waals surface area contributed by atoms with Crippen LogP contribution in [0, 0.1) is 25.8 Å². The number of rotatable bonds is 4. The van der Waals surface area contributed by atoms with Crippen LogP contribution in [0.1, 0.15) is 44.3 Å². The zero-order valence-electron chi connectivity index (χ0n) is 29.7. The number of hydrogen-bond donors (Lipinski definition) is 0. The number of pyridine rings is 2. The van der Waals surface area contributed by atoms with Gasteiger partial charge in [-0.3, -0.25) is 0 Å². The molecule has 0 bridgehead atoms. The summed E-state index contributed by atoms with van der Waals surface area (Å²) in [5, 5.41) is 2.22. The zero-order valence-corrected chi connectivity index (χ0v) is 26.1. The Hall–Kier alpha value is -4.37. The van der Waals surface area contributed by atoms with Gasteiger partial charge in [-0.05, 0) is 47.1 Å². The Kier molecular flexibility index (Phi) is 6.92. The summed E-state index contributed by atoms with van der Waals surface area (Å²) in [6.07, 6.45) is 3.19. The molecule has 7 aromatic rings. The summed E-state index contributed by atoms with van der Waals surface area (Å²) in [6, 6.07) is 40.8. The van der Waals surface area contributed by atoms with Crippen LogP contribution in [0.2, 0.25) is 0 Å². The van der Waals surface area contributed by atoms with E-state index in [0.29, 0.717) is 11.3 Å². The van der Waals surface area contributed by atoms with E-state index in [9.17, 15) is 0 Å². The predicted molar refractivity (Wildman–Crippen MR) is 172 cm³/mol. The van der Waals surface area contributed by atoms with Crippen LogP contribution < -0.4 is 0 Å². The normalized spacial score (nSPS) is 13.7. The number of hydrogen-bond acceptors (Lipinski definition) is 3. The Morgan fingerprint density at radius 1 is 0.651 bits per heavy atom. The van der Waals surface area contributed by atoms with Crippen molar-refractivity contribution in [2.45, 2.75) is 33.0 Å². The van der Waals surface area contributed by atoms with Gasteiger partial charge in [0.1, 0.15) is 5.58 Å². The summed E-state index contributed by atoms with van der Waals surface area (Å²) in [5.41, 5.74) is 7.61. The summed E-state index contributed by atoms with van der Waals surface area (Å²) in [7, 11) is 0. The van der Waals surface area contributed by atoms with Gasteiger partial charge in [0.25, 0.3) is 0 Å². The van der Waals surface area contributed by atoms with Crippen LogP contribution in [0.4, 0.5) is 0 Å². The van der Waals surface area contributed by atoms with E-state index in [-0.39, 0.29) is 36.6 Å². The molecule has 3 heterocycles. The van der Waals surface area contributed by atoms with Crippen molar-refractivity contribution >= 4 is 21.9 Å². The maximum atomic E-state index is 7.28. The molecule has 215 valence electrons. The van der Waals surface area contributed by atoms with Crippen molar-refractivity contribution in [3.8, 4) is 22.5 Å². The minimum absolute atomic E-state index is 0. The molecular weight excluding hydrogens is 705 g/mol. The van der Waals surface area contributed by atoms with Gasteiger partial charge >= 0.3 is 0 Å². The third kappa shape index (κ3) is 6.51. The second-order valence-electron chi connectivity index (χ2n) is 10.6. The molecule has 0 aliphatic carbocycles. The van der Waals surface area contributed by atoms with E-state index in [0.717, 1.165) is 33.2 Å². The maximum Gasteiger partial charge on any atom is 0.120 e. The Balaban J connectivity index is 0.000000199. The standard InChI is InChI=1S/C26H20NO.C13H12N.Ir/c1-26(2,19-8-4-3-5-9-19)20-14-15-27-23(17-20)18-12-13-25-22(16-18)21-10-6-7-11-24(21)28-25;1-10-3-6-12(7-4-10)13-8-5-11(2)9-14-13;/h3-11,13-17H,1-2H3;3-6,8-9H,1-2H3;/q2*-1;/i;1D3,2D3;. The first-order valence-electron chi connectivity index (χ1n) is 16.7.